The van der Waals surface area contributed by atoms with Crippen molar-refractivity contribution in [2.75, 3.05) is 0 Å². The summed E-state index contributed by atoms with van der Waals surface area (Å²) in [7, 11) is 0. The molecule has 0 aliphatic rings. The van der Waals surface area contributed by atoms with E-state index in [1.165, 1.54) is 32.7 Å². The van der Waals surface area contributed by atoms with Gasteiger partial charge in [0.1, 0.15) is 0 Å². The number of thiophene rings is 1. The first-order valence-electron chi connectivity index (χ1n) is 7.71. The quantitative estimate of drug-likeness (QED) is 0.380. The van der Waals surface area contributed by atoms with Crippen molar-refractivity contribution in [3.05, 3.63) is 96.4 Å². The van der Waals surface area contributed by atoms with Crippen LogP contribution in [0.2, 0.25) is 0 Å². The summed E-state index contributed by atoms with van der Waals surface area (Å²) in [5.41, 5.74) is 6.42. The number of hydrogen-bond donors (Lipinski definition) is 0. The average molecular weight is 347 g/mol. The third-order valence-corrected chi connectivity index (χ3v) is 4.95. The molecule has 0 aliphatic carbocycles. The third kappa shape index (κ3) is 3.16. The van der Waals surface area contributed by atoms with Crippen molar-refractivity contribution in [1.29, 1.82) is 0 Å². The zero-order chi connectivity index (χ0) is 15.5. The Kier molecular flexibility index (Phi) is 5.19. The molecular formula is C22H18S2. The summed E-state index contributed by atoms with van der Waals surface area (Å²) in [6, 6.07) is 32.1. The predicted octanol–water partition coefficient (Wildman–Crippen LogP) is 6.86. The fourth-order valence-electron chi connectivity index (χ4n) is 2.91. The van der Waals surface area contributed by atoms with Gasteiger partial charge in [0.05, 0.1) is 0 Å². The molecule has 0 fully saturated rings. The lowest BCUT2D eigenvalue weighted by atomic mass is 9.95. The van der Waals surface area contributed by atoms with Gasteiger partial charge in [0.15, 0.2) is 0 Å². The molecule has 4 rings (SSSR count). The second kappa shape index (κ2) is 7.52. The Balaban J connectivity index is 0.00000169. The second-order valence-electron chi connectivity index (χ2n) is 5.44. The fourth-order valence-corrected chi connectivity index (χ4v) is 3.87. The topological polar surface area (TPSA) is 0 Å². The van der Waals surface area contributed by atoms with E-state index in [-0.39, 0.29) is 13.5 Å². The van der Waals surface area contributed by atoms with Gasteiger partial charge in [0.25, 0.3) is 0 Å². The van der Waals surface area contributed by atoms with Crippen LogP contribution in [0.3, 0.4) is 0 Å². The Morgan fingerprint density at radius 1 is 0.458 bits per heavy atom. The van der Waals surface area contributed by atoms with Crippen molar-refractivity contribution in [3.8, 4) is 32.7 Å². The van der Waals surface area contributed by atoms with Gasteiger partial charge in [0.2, 0.25) is 0 Å². The molecule has 0 atom stereocenters. The molecule has 0 bridgehead atoms. The van der Waals surface area contributed by atoms with Gasteiger partial charge in [-0.2, -0.15) is 13.5 Å². The zero-order valence-corrected chi connectivity index (χ0v) is 15.0. The lowest BCUT2D eigenvalue weighted by Crippen LogP contribution is -1.84. The Labute approximate surface area is 153 Å². The van der Waals surface area contributed by atoms with Crippen molar-refractivity contribution < 1.29 is 0 Å². The molecule has 0 radical (unpaired) electrons. The molecule has 0 unspecified atom stereocenters. The van der Waals surface area contributed by atoms with Crippen LogP contribution in [0.4, 0.5) is 0 Å². The standard InChI is InChI=1S/C22H16S.H2S/c1-3-9-17(10-4-1)19-13-7-8-14-21(19)22-20(15-16-23-22)18-11-5-2-6-12-18;/h1-16H;1H2. The van der Waals surface area contributed by atoms with Gasteiger partial charge >= 0.3 is 0 Å². The predicted molar refractivity (Wildman–Crippen MR) is 111 cm³/mol. The van der Waals surface area contributed by atoms with Crippen molar-refractivity contribution in [3.63, 3.8) is 0 Å². The first-order chi connectivity index (χ1) is 11.4. The van der Waals surface area contributed by atoms with Gasteiger partial charge < -0.3 is 0 Å². The van der Waals surface area contributed by atoms with E-state index in [2.05, 4.69) is 96.4 Å². The highest BCUT2D eigenvalue weighted by Gasteiger charge is 2.13. The third-order valence-electron chi connectivity index (χ3n) is 4.01. The molecule has 0 spiro atoms. The van der Waals surface area contributed by atoms with Crippen LogP contribution < -0.4 is 0 Å². The molecule has 1 heterocycles. The lowest BCUT2D eigenvalue weighted by Gasteiger charge is -2.11. The maximum absolute atomic E-state index is 2.22. The van der Waals surface area contributed by atoms with E-state index in [0.717, 1.165) is 0 Å². The summed E-state index contributed by atoms with van der Waals surface area (Å²) in [5, 5.41) is 2.18. The van der Waals surface area contributed by atoms with E-state index < -0.39 is 0 Å². The van der Waals surface area contributed by atoms with Gasteiger partial charge in [-0.1, -0.05) is 84.9 Å². The molecule has 0 saturated heterocycles. The van der Waals surface area contributed by atoms with E-state index in [1.54, 1.807) is 11.3 Å². The minimum absolute atomic E-state index is 0. The Bertz CT molecular complexity index is 909. The first-order valence-corrected chi connectivity index (χ1v) is 8.59. The van der Waals surface area contributed by atoms with E-state index in [4.69, 9.17) is 0 Å². The first kappa shape index (κ1) is 16.6. The molecule has 0 N–H and O–H groups in total. The lowest BCUT2D eigenvalue weighted by molar-refractivity contribution is 1.61. The highest BCUT2D eigenvalue weighted by molar-refractivity contribution is 7.59. The molecule has 0 saturated carbocycles. The molecular weight excluding hydrogens is 328 g/mol. The average Bonchev–Trinajstić information content (AvgIpc) is 3.13. The summed E-state index contributed by atoms with van der Waals surface area (Å²) in [5.74, 6) is 0. The van der Waals surface area contributed by atoms with Crippen LogP contribution in [-0.2, 0) is 0 Å². The summed E-state index contributed by atoms with van der Waals surface area (Å²) in [6.45, 7) is 0. The van der Waals surface area contributed by atoms with E-state index in [1.807, 2.05) is 0 Å². The van der Waals surface area contributed by atoms with Crippen molar-refractivity contribution in [2.45, 2.75) is 0 Å². The minimum Gasteiger partial charge on any atom is -0.197 e. The summed E-state index contributed by atoms with van der Waals surface area (Å²) in [4.78, 5) is 1.33. The van der Waals surface area contributed by atoms with Crippen molar-refractivity contribution in [2.24, 2.45) is 0 Å². The highest BCUT2D eigenvalue weighted by atomic mass is 32.1. The SMILES string of the molecule is S.c1ccc(-c2ccccc2-c2sccc2-c2ccccc2)cc1. The van der Waals surface area contributed by atoms with Crippen LogP contribution in [-0.4, -0.2) is 0 Å². The van der Waals surface area contributed by atoms with Crippen molar-refractivity contribution in [1.82, 2.24) is 0 Å². The maximum atomic E-state index is 2.22. The van der Waals surface area contributed by atoms with Crippen molar-refractivity contribution >= 4 is 24.8 Å². The van der Waals surface area contributed by atoms with Gasteiger partial charge in [-0.25, -0.2) is 0 Å². The van der Waals surface area contributed by atoms with Gasteiger partial charge in [-0.05, 0) is 28.1 Å². The van der Waals surface area contributed by atoms with Gasteiger partial charge in [-0.3, -0.25) is 0 Å². The van der Waals surface area contributed by atoms with E-state index in [0.29, 0.717) is 0 Å². The molecule has 2 heteroatoms. The summed E-state index contributed by atoms with van der Waals surface area (Å²) < 4.78 is 0. The van der Waals surface area contributed by atoms with Crippen LogP contribution in [0, 0.1) is 0 Å². The van der Waals surface area contributed by atoms with Crippen LogP contribution in [0.5, 0.6) is 0 Å². The minimum atomic E-state index is 0. The molecule has 1 aromatic heterocycles. The second-order valence-corrected chi connectivity index (χ2v) is 6.36. The Morgan fingerprint density at radius 2 is 0.958 bits per heavy atom. The van der Waals surface area contributed by atoms with Crippen LogP contribution in [0.25, 0.3) is 32.7 Å². The Hall–Kier alpha value is -2.29. The molecule has 24 heavy (non-hydrogen) atoms. The smallest absolute Gasteiger partial charge is 0.0427 e. The number of rotatable bonds is 3. The fraction of sp³-hybridized carbons (Fsp3) is 0. The zero-order valence-electron chi connectivity index (χ0n) is 13.1. The maximum Gasteiger partial charge on any atom is 0.0427 e. The highest BCUT2D eigenvalue weighted by Crippen LogP contribution is 2.41. The van der Waals surface area contributed by atoms with Crippen LogP contribution >= 0.6 is 24.8 Å². The Morgan fingerprint density at radius 3 is 1.58 bits per heavy atom. The van der Waals surface area contributed by atoms with E-state index in [9.17, 15) is 0 Å². The number of hydrogen-bond acceptors (Lipinski definition) is 1. The molecule has 0 amide bonds. The normalized spacial score (nSPS) is 10.2. The van der Waals surface area contributed by atoms with Gasteiger partial charge in [0, 0.05) is 16.0 Å². The molecule has 118 valence electrons. The summed E-state index contributed by atoms with van der Waals surface area (Å²) >= 11 is 1.81. The largest absolute Gasteiger partial charge is 0.197 e. The number of benzene rings is 3. The molecule has 0 nitrogen and oxygen atoms in total. The molecule has 4 aromatic rings. The van der Waals surface area contributed by atoms with Crippen LogP contribution in [0.1, 0.15) is 0 Å². The van der Waals surface area contributed by atoms with Gasteiger partial charge in [-0.15, -0.1) is 11.3 Å². The van der Waals surface area contributed by atoms with Crippen LogP contribution in [0.15, 0.2) is 96.4 Å². The summed E-state index contributed by atoms with van der Waals surface area (Å²) in [6.07, 6.45) is 0. The monoisotopic (exact) mass is 346 g/mol. The van der Waals surface area contributed by atoms with E-state index >= 15 is 0 Å². The molecule has 0 aliphatic heterocycles. The molecule has 3 aromatic carbocycles.